The summed E-state index contributed by atoms with van der Waals surface area (Å²) in [5.74, 6) is 0.273. The van der Waals surface area contributed by atoms with Gasteiger partial charge in [0.15, 0.2) is 0 Å². The molecule has 21 heavy (non-hydrogen) atoms. The van der Waals surface area contributed by atoms with Crippen molar-refractivity contribution in [2.24, 2.45) is 0 Å². The zero-order valence-corrected chi connectivity index (χ0v) is 14.5. The van der Waals surface area contributed by atoms with Crippen LogP contribution in [0, 0.1) is 0 Å². The van der Waals surface area contributed by atoms with E-state index < -0.39 is 0 Å². The lowest BCUT2D eigenvalue weighted by Gasteiger charge is -2.06. The molecule has 2 N–H and O–H groups in total. The van der Waals surface area contributed by atoms with E-state index in [1.165, 1.54) is 0 Å². The number of nitrogen functional groups attached to an aromatic ring is 1. The van der Waals surface area contributed by atoms with E-state index >= 15 is 0 Å². The Kier molecular flexibility index (Phi) is 4.06. The Balaban J connectivity index is 2.24. The van der Waals surface area contributed by atoms with Gasteiger partial charge in [0.25, 0.3) is 0 Å². The van der Waals surface area contributed by atoms with E-state index in [1.807, 2.05) is 36.4 Å². The molecular weight excluding hydrogens is 419 g/mol. The van der Waals surface area contributed by atoms with Gasteiger partial charge in [-0.15, -0.1) is 0 Å². The first-order chi connectivity index (χ1) is 10.1. The van der Waals surface area contributed by atoms with Gasteiger partial charge in [-0.05, 0) is 35.9 Å². The van der Waals surface area contributed by atoms with Crippen LogP contribution in [0.1, 0.15) is 0 Å². The molecule has 6 heteroatoms. The third kappa shape index (κ3) is 2.86. The Labute approximate surface area is 143 Å². The maximum absolute atomic E-state index is 6.08. The van der Waals surface area contributed by atoms with Gasteiger partial charge in [-0.1, -0.05) is 60.8 Å². The van der Waals surface area contributed by atoms with Crippen LogP contribution in [0.5, 0.6) is 0 Å². The molecule has 3 rings (SSSR count). The van der Waals surface area contributed by atoms with Crippen LogP contribution in [0.2, 0.25) is 5.02 Å². The third-order valence-electron chi connectivity index (χ3n) is 3.02. The van der Waals surface area contributed by atoms with Gasteiger partial charge in [-0.3, -0.25) is 0 Å². The molecule has 3 nitrogen and oxygen atoms in total. The molecule has 0 bridgehead atoms. The van der Waals surface area contributed by atoms with Gasteiger partial charge in [0.1, 0.15) is 5.69 Å². The van der Waals surface area contributed by atoms with Crippen LogP contribution in [-0.4, -0.2) is 5.16 Å². The lowest BCUT2D eigenvalue weighted by atomic mass is 10.0. The van der Waals surface area contributed by atoms with Crippen molar-refractivity contribution in [3.8, 4) is 22.4 Å². The van der Waals surface area contributed by atoms with E-state index in [-0.39, 0.29) is 5.88 Å². The van der Waals surface area contributed by atoms with E-state index in [4.69, 9.17) is 21.9 Å². The van der Waals surface area contributed by atoms with Crippen molar-refractivity contribution in [1.82, 2.24) is 5.16 Å². The maximum Gasteiger partial charge on any atom is 0.230 e. The fraction of sp³-hybridized carbons (Fsp3) is 0. The van der Waals surface area contributed by atoms with Gasteiger partial charge in [0.2, 0.25) is 5.88 Å². The monoisotopic (exact) mass is 426 g/mol. The summed E-state index contributed by atoms with van der Waals surface area (Å²) in [5, 5.41) is 4.71. The maximum atomic E-state index is 6.08. The highest BCUT2D eigenvalue weighted by molar-refractivity contribution is 9.10. The lowest BCUT2D eigenvalue weighted by Crippen LogP contribution is -1.88. The second kappa shape index (κ2) is 5.83. The molecule has 0 aliphatic carbocycles. The summed E-state index contributed by atoms with van der Waals surface area (Å²) >= 11 is 13.0. The average molecular weight is 429 g/mol. The highest BCUT2D eigenvalue weighted by atomic mass is 79.9. The van der Waals surface area contributed by atoms with E-state index in [2.05, 4.69) is 37.0 Å². The molecule has 1 heterocycles. The number of halogens is 3. The minimum absolute atomic E-state index is 0.273. The minimum Gasteiger partial charge on any atom is -0.367 e. The largest absolute Gasteiger partial charge is 0.367 e. The van der Waals surface area contributed by atoms with Crippen LogP contribution in [0.25, 0.3) is 22.4 Å². The van der Waals surface area contributed by atoms with Gasteiger partial charge in [-0.2, -0.15) is 0 Å². The zero-order chi connectivity index (χ0) is 15.0. The molecule has 0 aliphatic heterocycles. The number of anilines is 1. The summed E-state index contributed by atoms with van der Waals surface area (Å²) in [5.41, 5.74) is 9.11. The number of hydrogen-bond donors (Lipinski definition) is 1. The summed E-state index contributed by atoms with van der Waals surface area (Å²) < 4.78 is 7.01. The molecule has 3 aromatic rings. The standard InChI is InChI=1S/C15H9Br2ClN2O/c16-9-3-1-2-8(6-9)13-14(20-21-15(13)19)11-7-10(18)4-5-12(11)17/h1-7H,19H2. The number of hydrogen-bond acceptors (Lipinski definition) is 3. The average Bonchev–Trinajstić information content (AvgIpc) is 2.83. The van der Waals surface area contributed by atoms with Crippen LogP contribution < -0.4 is 5.73 Å². The summed E-state index contributed by atoms with van der Waals surface area (Å²) in [7, 11) is 0. The summed E-state index contributed by atoms with van der Waals surface area (Å²) in [4.78, 5) is 0. The summed E-state index contributed by atoms with van der Waals surface area (Å²) in [6, 6.07) is 13.3. The molecule has 0 aliphatic rings. The van der Waals surface area contributed by atoms with Crippen molar-refractivity contribution >= 4 is 49.3 Å². The van der Waals surface area contributed by atoms with Gasteiger partial charge >= 0.3 is 0 Å². The molecule has 0 saturated heterocycles. The number of nitrogens with two attached hydrogens (primary N) is 1. The lowest BCUT2D eigenvalue weighted by molar-refractivity contribution is 0.439. The Morgan fingerprint density at radius 1 is 1.10 bits per heavy atom. The van der Waals surface area contributed by atoms with Crippen molar-refractivity contribution < 1.29 is 4.52 Å². The van der Waals surface area contributed by atoms with Gasteiger partial charge in [-0.25, -0.2) is 0 Å². The second-order valence-electron chi connectivity index (χ2n) is 4.40. The van der Waals surface area contributed by atoms with E-state index in [0.717, 1.165) is 25.6 Å². The van der Waals surface area contributed by atoms with Crippen molar-refractivity contribution in [1.29, 1.82) is 0 Å². The van der Waals surface area contributed by atoms with Crippen LogP contribution in [0.4, 0.5) is 5.88 Å². The van der Waals surface area contributed by atoms with Crippen molar-refractivity contribution in [3.63, 3.8) is 0 Å². The number of rotatable bonds is 2. The molecule has 0 spiro atoms. The zero-order valence-electron chi connectivity index (χ0n) is 10.6. The number of benzene rings is 2. The Hall–Kier alpha value is -1.30. The van der Waals surface area contributed by atoms with Crippen LogP contribution in [0.3, 0.4) is 0 Å². The first-order valence-electron chi connectivity index (χ1n) is 6.03. The molecule has 0 saturated carbocycles. The van der Waals surface area contributed by atoms with Crippen molar-refractivity contribution in [2.75, 3.05) is 5.73 Å². The fourth-order valence-electron chi connectivity index (χ4n) is 2.09. The fourth-order valence-corrected chi connectivity index (χ4v) is 3.09. The molecule has 0 amide bonds. The molecule has 0 radical (unpaired) electrons. The van der Waals surface area contributed by atoms with Gasteiger partial charge in [0, 0.05) is 19.5 Å². The predicted octanol–water partition coefficient (Wildman–Crippen LogP) is 5.77. The normalized spacial score (nSPS) is 10.8. The molecule has 0 unspecified atom stereocenters. The number of nitrogens with zero attached hydrogens (tertiary/aromatic N) is 1. The van der Waals surface area contributed by atoms with E-state index in [1.54, 1.807) is 6.07 Å². The second-order valence-corrected chi connectivity index (χ2v) is 6.61. The molecule has 0 atom stereocenters. The third-order valence-corrected chi connectivity index (χ3v) is 4.44. The quantitative estimate of drug-likeness (QED) is 0.564. The summed E-state index contributed by atoms with van der Waals surface area (Å²) in [6.07, 6.45) is 0. The Bertz CT molecular complexity index is 817. The molecule has 2 aromatic carbocycles. The Morgan fingerprint density at radius 2 is 1.90 bits per heavy atom. The Morgan fingerprint density at radius 3 is 2.67 bits per heavy atom. The predicted molar refractivity (Wildman–Crippen MR) is 92.2 cm³/mol. The molecule has 1 aromatic heterocycles. The van der Waals surface area contributed by atoms with Crippen LogP contribution in [0.15, 0.2) is 55.9 Å². The highest BCUT2D eigenvalue weighted by Gasteiger charge is 2.19. The summed E-state index contributed by atoms with van der Waals surface area (Å²) in [6.45, 7) is 0. The van der Waals surface area contributed by atoms with Gasteiger partial charge < -0.3 is 10.3 Å². The topological polar surface area (TPSA) is 52.0 Å². The van der Waals surface area contributed by atoms with Crippen LogP contribution >= 0.6 is 43.5 Å². The van der Waals surface area contributed by atoms with Gasteiger partial charge in [0.05, 0.1) is 5.56 Å². The SMILES string of the molecule is Nc1onc(-c2cc(Cl)ccc2Br)c1-c1cccc(Br)c1. The minimum atomic E-state index is 0.273. The first kappa shape index (κ1) is 14.6. The smallest absolute Gasteiger partial charge is 0.230 e. The van der Waals surface area contributed by atoms with Crippen molar-refractivity contribution in [2.45, 2.75) is 0 Å². The van der Waals surface area contributed by atoms with Crippen molar-refractivity contribution in [3.05, 3.63) is 56.4 Å². The highest BCUT2D eigenvalue weighted by Crippen LogP contribution is 2.40. The molecular formula is C15H9Br2ClN2O. The molecule has 0 fully saturated rings. The van der Waals surface area contributed by atoms with Crippen LogP contribution in [-0.2, 0) is 0 Å². The molecule has 106 valence electrons. The first-order valence-corrected chi connectivity index (χ1v) is 7.99. The van der Waals surface area contributed by atoms with E-state index in [9.17, 15) is 0 Å². The number of aromatic nitrogens is 1. The van der Waals surface area contributed by atoms with E-state index in [0.29, 0.717) is 10.7 Å².